The van der Waals surface area contributed by atoms with Crippen molar-refractivity contribution in [2.24, 2.45) is 0 Å². The molecule has 0 atom stereocenters. The zero-order valence-corrected chi connectivity index (χ0v) is 11.8. The van der Waals surface area contributed by atoms with Gasteiger partial charge in [0.1, 0.15) is 6.26 Å². The number of hydrogen-bond donors (Lipinski definition) is 0. The highest BCUT2D eigenvalue weighted by atomic mass is 16.7. The van der Waals surface area contributed by atoms with Gasteiger partial charge in [0, 0.05) is 6.07 Å². The maximum atomic E-state index is 12.1. The van der Waals surface area contributed by atoms with Crippen LogP contribution in [0.15, 0.2) is 45.8 Å². The molecule has 0 unspecified atom stereocenters. The average Bonchev–Trinajstić information content (AvgIpc) is 2.80. The summed E-state index contributed by atoms with van der Waals surface area (Å²) < 4.78 is 9.61. The molecule has 0 radical (unpaired) electrons. The number of amides is 2. The van der Waals surface area contributed by atoms with Gasteiger partial charge in [-0.25, -0.2) is 4.79 Å². The van der Waals surface area contributed by atoms with Gasteiger partial charge in [-0.2, -0.15) is 0 Å². The zero-order valence-electron chi connectivity index (χ0n) is 11.8. The first kappa shape index (κ1) is 14.5. The van der Waals surface area contributed by atoms with E-state index in [9.17, 15) is 19.2 Å². The second kappa shape index (κ2) is 5.41. The van der Waals surface area contributed by atoms with Gasteiger partial charge in [0.25, 0.3) is 11.8 Å². The van der Waals surface area contributed by atoms with Crippen LogP contribution in [-0.4, -0.2) is 30.0 Å². The molecule has 116 valence electrons. The standard InChI is InChI=1S/C15H9NO7/c1-21-12-7-22-11(6-10(12)17)15(20)23-16-13(18)8-4-2-3-5-9(8)14(16)19/h2-7H,1H3. The summed E-state index contributed by atoms with van der Waals surface area (Å²) in [5.41, 5.74) is -0.351. The monoisotopic (exact) mass is 315 g/mol. The second-order valence-corrected chi connectivity index (χ2v) is 4.51. The molecule has 8 heteroatoms. The highest BCUT2D eigenvalue weighted by Gasteiger charge is 2.39. The quantitative estimate of drug-likeness (QED) is 0.779. The summed E-state index contributed by atoms with van der Waals surface area (Å²) in [7, 11) is 1.27. The Bertz CT molecular complexity index is 848. The first-order chi connectivity index (χ1) is 11.0. The highest BCUT2D eigenvalue weighted by Crippen LogP contribution is 2.23. The minimum atomic E-state index is -1.15. The Morgan fingerprint density at radius 2 is 1.70 bits per heavy atom. The number of rotatable bonds is 3. The zero-order chi connectivity index (χ0) is 16.6. The highest BCUT2D eigenvalue weighted by molar-refractivity contribution is 6.21. The average molecular weight is 315 g/mol. The van der Waals surface area contributed by atoms with E-state index >= 15 is 0 Å². The third kappa shape index (κ3) is 2.35. The number of benzene rings is 1. The summed E-state index contributed by atoms with van der Waals surface area (Å²) in [6, 6.07) is 6.89. The molecule has 3 rings (SSSR count). The van der Waals surface area contributed by atoms with E-state index in [1.807, 2.05) is 0 Å². The van der Waals surface area contributed by atoms with Gasteiger partial charge >= 0.3 is 5.97 Å². The SMILES string of the molecule is COc1coc(C(=O)ON2C(=O)c3ccccc3C2=O)cc1=O. The molecule has 0 spiro atoms. The van der Waals surface area contributed by atoms with Crippen LogP contribution in [-0.2, 0) is 4.84 Å². The Morgan fingerprint density at radius 3 is 2.22 bits per heavy atom. The number of imide groups is 1. The molecular weight excluding hydrogens is 306 g/mol. The van der Waals surface area contributed by atoms with Gasteiger partial charge in [0.2, 0.25) is 16.9 Å². The van der Waals surface area contributed by atoms with E-state index in [0.717, 1.165) is 12.3 Å². The topological polar surface area (TPSA) is 103 Å². The maximum absolute atomic E-state index is 12.1. The van der Waals surface area contributed by atoms with E-state index in [1.54, 1.807) is 12.1 Å². The predicted molar refractivity (Wildman–Crippen MR) is 73.9 cm³/mol. The summed E-state index contributed by atoms with van der Waals surface area (Å²) in [6.07, 6.45) is 0.932. The number of carbonyl (C=O) groups is 3. The lowest BCUT2D eigenvalue weighted by Crippen LogP contribution is -2.32. The van der Waals surface area contributed by atoms with Crippen LogP contribution in [0.1, 0.15) is 31.3 Å². The first-order valence-corrected chi connectivity index (χ1v) is 6.40. The van der Waals surface area contributed by atoms with Crippen LogP contribution in [0.25, 0.3) is 0 Å². The Morgan fingerprint density at radius 1 is 1.09 bits per heavy atom. The van der Waals surface area contributed by atoms with Gasteiger partial charge in [-0.05, 0) is 12.1 Å². The van der Waals surface area contributed by atoms with E-state index in [2.05, 4.69) is 0 Å². The summed E-state index contributed by atoms with van der Waals surface area (Å²) in [5, 5.41) is 0.331. The van der Waals surface area contributed by atoms with Crippen LogP contribution in [0.4, 0.5) is 0 Å². The Labute approximate surface area is 128 Å². The Balaban J connectivity index is 1.84. The minimum Gasteiger partial charge on any atom is -0.490 e. The minimum absolute atomic E-state index is 0.0951. The summed E-state index contributed by atoms with van der Waals surface area (Å²) in [6.45, 7) is 0. The van der Waals surface area contributed by atoms with E-state index in [0.29, 0.717) is 5.06 Å². The van der Waals surface area contributed by atoms with Crippen LogP contribution in [0, 0.1) is 0 Å². The molecule has 1 aliphatic heterocycles. The van der Waals surface area contributed by atoms with Crippen LogP contribution in [0.3, 0.4) is 0 Å². The third-order valence-electron chi connectivity index (χ3n) is 3.15. The molecule has 2 heterocycles. The van der Waals surface area contributed by atoms with E-state index in [-0.39, 0.29) is 16.9 Å². The van der Waals surface area contributed by atoms with Gasteiger partial charge < -0.3 is 14.0 Å². The van der Waals surface area contributed by atoms with Crippen molar-refractivity contribution in [2.45, 2.75) is 0 Å². The van der Waals surface area contributed by atoms with E-state index in [1.165, 1.54) is 19.2 Å². The molecule has 0 N–H and O–H groups in total. The lowest BCUT2D eigenvalue weighted by atomic mass is 10.1. The molecule has 0 bridgehead atoms. The number of ether oxygens (including phenoxy) is 1. The fraction of sp³-hybridized carbons (Fsp3) is 0.0667. The smallest absolute Gasteiger partial charge is 0.399 e. The lowest BCUT2D eigenvalue weighted by Gasteiger charge is -2.11. The number of methoxy groups -OCH3 is 1. The predicted octanol–water partition coefficient (Wildman–Crippen LogP) is 1.02. The Kier molecular flexibility index (Phi) is 3.41. The fourth-order valence-corrected chi connectivity index (χ4v) is 2.03. The fourth-order valence-electron chi connectivity index (χ4n) is 2.03. The van der Waals surface area contributed by atoms with Gasteiger partial charge in [0.05, 0.1) is 18.2 Å². The summed E-state index contributed by atoms with van der Waals surface area (Å²) in [4.78, 5) is 52.4. The molecule has 2 aromatic rings. The molecular formula is C15H9NO7. The van der Waals surface area contributed by atoms with Crippen molar-refractivity contribution in [3.05, 3.63) is 63.7 Å². The van der Waals surface area contributed by atoms with Crippen LogP contribution < -0.4 is 10.2 Å². The van der Waals surface area contributed by atoms with Crippen LogP contribution >= 0.6 is 0 Å². The van der Waals surface area contributed by atoms with Crippen LogP contribution in [0.5, 0.6) is 5.75 Å². The number of hydroxylamine groups is 2. The van der Waals surface area contributed by atoms with Crippen molar-refractivity contribution in [1.29, 1.82) is 0 Å². The van der Waals surface area contributed by atoms with Gasteiger partial charge in [0.15, 0.2) is 0 Å². The molecule has 23 heavy (non-hydrogen) atoms. The van der Waals surface area contributed by atoms with Crippen molar-refractivity contribution in [3.8, 4) is 5.75 Å². The van der Waals surface area contributed by atoms with Crippen molar-refractivity contribution >= 4 is 17.8 Å². The molecule has 8 nitrogen and oxygen atoms in total. The number of carbonyl (C=O) groups excluding carboxylic acids is 3. The number of hydrogen-bond acceptors (Lipinski definition) is 7. The summed E-state index contributed by atoms with van der Waals surface area (Å²) in [5.74, 6) is -3.25. The number of nitrogens with zero attached hydrogens (tertiary/aromatic N) is 1. The van der Waals surface area contributed by atoms with Crippen molar-refractivity contribution in [2.75, 3.05) is 7.11 Å². The molecule has 0 fully saturated rings. The largest absolute Gasteiger partial charge is 0.490 e. The van der Waals surface area contributed by atoms with Gasteiger partial charge in [-0.15, -0.1) is 0 Å². The van der Waals surface area contributed by atoms with Crippen molar-refractivity contribution in [1.82, 2.24) is 5.06 Å². The molecule has 0 aliphatic carbocycles. The third-order valence-corrected chi connectivity index (χ3v) is 3.15. The maximum Gasteiger partial charge on any atom is 0.399 e. The van der Waals surface area contributed by atoms with Gasteiger partial charge in [-0.1, -0.05) is 17.2 Å². The molecule has 1 aliphatic rings. The lowest BCUT2D eigenvalue weighted by molar-refractivity contribution is -0.0604. The molecule has 1 aromatic heterocycles. The molecule has 0 saturated heterocycles. The van der Waals surface area contributed by atoms with E-state index < -0.39 is 29.0 Å². The molecule has 1 aromatic carbocycles. The summed E-state index contributed by atoms with van der Waals surface area (Å²) >= 11 is 0. The van der Waals surface area contributed by atoms with Crippen molar-refractivity contribution in [3.63, 3.8) is 0 Å². The second-order valence-electron chi connectivity index (χ2n) is 4.51. The molecule has 2 amide bonds. The Hall–Kier alpha value is -3.42. The normalized spacial score (nSPS) is 13.0. The number of fused-ring (bicyclic) bond motifs is 1. The van der Waals surface area contributed by atoms with Gasteiger partial charge in [-0.3, -0.25) is 14.4 Å². The van der Waals surface area contributed by atoms with Crippen molar-refractivity contribution < 1.29 is 28.4 Å². The molecule has 0 saturated carbocycles. The van der Waals surface area contributed by atoms with E-state index in [4.69, 9.17) is 14.0 Å². The van der Waals surface area contributed by atoms with Crippen LogP contribution in [0.2, 0.25) is 0 Å². The first-order valence-electron chi connectivity index (χ1n) is 6.40.